The lowest BCUT2D eigenvalue weighted by Gasteiger charge is -2.03. The third-order valence-corrected chi connectivity index (χ3v) is 3.19. The molecule has 2 aromatic heterocycles. The van der Waals surface area contributed by atoms with Gasteiger partial charge in [0.15, 0.2) is 0 Å². The highest BCUT2D eigenvalue weighted by molar-refractivity contribution is 6.08. The number of nitrogens with two attached hydrogens (primary N) is 1. The molecule has 0 unspecified atom stereocenters. The number of carbonyl (C=O) groups is 1. The standard InChI is InChI=1S/C15H13N3O/c1-9-2-4-10(5-3-9)13-11-6-7-17-8-12(11)18-14(13)15(16)19/h2-8,18H,1H3,(H2,16,19). The Kier molecular flexibility index (Phi) is 2.56. The number of nitrogens with one attached hydrogen (secondary N) is 1. The lowest BCUT2D eigenvalue weighted by molar-refractivity contribution is 0.0997. The number of rotatable bonds is 2. The number of pyridine rings is 1. The van der Waals surface area contributed by atoms with Gasteiger partial charge in [0, 0.05) is 17.1 Å². The molecule has 19 heavy (non-hydrogen) atoms. The van der Waals surface area contributed by atoms with E-state index >= 15 is 0 Å². The Bertz CT molecular complexity index is 757. The summed E-state index contributed by atoms with van der Waals surface area (Å²) in [5.41, 5.74) is 9.67. The van der Waals surface area contributed by atoms with Crippen LogP contribution in [0, 0.1) is 6.92 Å². The molecule has 2 heterocycles. The van der Waals surface area contributed by atoms with Crippen molar-refractivity contribution < 1.29 is 4.79 Å². The molecule has 0 radical (unpaired) electrons. The van der Waals surface area contributed by atoms with E-state index in [0.29, 0.717) is 5.69 Å². The van der Waals surface area contributed by atoms with E-state index in [1.54, 1.807) is 12.4 Å². The number of primary amides is 1. The van der Waals surface area contributed by atoms with Crippen molar-refractivity contribution >= 4 is 16.8 Å². The molecule has 3 aromatic rings. The average Bonchev–Trinajstić information content (AvgIpc) is 2.79. The Morgan fingerprint density at radius 2 is 1.95 bits per heavy atom. The van der Waals surface area contributed by atoms with Gasteiger partial charge in [0.2, 0.25) is 0 Å². The van der Waals surface area contributed by atoms with Crippen molar-refractivity contribution in [2.45, 2.75) is 6.92 Å². The highest BCUT2D eigenvalue weighted by Gasteiger charge is 2.16. The molecule has 0 aliphatic carbocycles. The first-order valence-corrected chi connectivity index (χ1v) is 5.99. The maximum atomic E-state index is 11.6. The van der Waals surface area contributed by atoms with Crippen molar-refractivity contribution in [2.24, 2.45) is 5.73 Å². The van der Waals surface area contributed by atoms with Crippen molar-refractivity contribution in [1.82, 2.24) is 9.97 Å². The van der Waals surface area contributed by atoms with Crippen LogP contribution in [-0.2, 0) is 0 Å². The third kappa shape index (κ3) is 1.87. The quantitative estimate of drug-likeness (QED) is 0.735. The number of benzene rings is 1. The molecular weight excluding hydrogens is 238 g/mol. The Morgan fingerprint density at radius 3 is 2.63 bits per heavy atom. The van der Waals surface area contributed by atoms with Gasteiger partial charge in [-0.05, 0) is 18.6 Å². The molecule has 0 spiro atoms. The summed E-state index contributed by atoms with van der Waals surface area (Å²) in [6.07, 6.45) is 3.40. The maximum Gasteiger partial charge on any atom is 0.265 e. The maximum absolute atomic E-state index is 11.6. The van der Waals surface area contributed by atoms with Crippen LogP contribution in [0.4, 0.5) is 0 Å². The SMILES string of the molecule is Cc1ccc(-c2c(C(N)=O)[nH]c3cnccc23)cc1. The number of aromatic nitrogens is 2. The summed E-state index contributed by atoms with van der Waals surface area (Å²) in [4.78, 5) is 18.7. The molecule has 0 saturated carbocycles. The van der Waals surface area contributed by atoms with E-state index in [2.05, 4.69) is 9.97 Å². The number of carbonyl (C=O) groups excluding carboxylic acids is 1. The second-order valence-electron chi connectivity index (χ2n) is 4.53. The van der Waals surface area contributed by atoms with Crippen LogP contribution in [0.2, 0.25) is 0 Å². The second-order valence-corrected chi connectivity index (χ2v) is 4.53. The number of aromatic amines is 1. The van der Waals surface area contributed by atoms with Crippen LogP contribution in [0.25, 0.3) is 22.0 Å². The Balaban J connectivity index is 2.34. The number of hydrogen-bond donors (Lipinski definition) is 2. The van der Waals surface area contributed by atoms with Gasteiger partial charge in [-0.15, -0.1) is 0 Å². The van der Waals surface area contributed by atoms with Crippen LogP contribution in [0.1, 0.15) is 16.1 Å². The molecule has 1 amide bonds. The third-order valence-electron chi connectivity index (χ3n) is 3.19. The first kappa shape index (κ1) is 11.5. The van der Waals surface area contributed by atoms with E-state index < -0.39 is 5.91 Å². The Labute approximate surface area is 110 Å². The van der Waals surface area contributed by atoms with Crippen LogP contribution in [-0.4, -0.2) is 15.9 Å². The lowest BCUT2D eigenvalue weighted by atomic mass is 10.0. The van der Waals surface area contributed by atoms with E-state index in [-0.39, 0.29) is 0 Å². The number of fused-ring (bicyclic) bond motifs is 1. The first-order valence-electron chi connectivity index (χ1n) is 5.99. The fraction of sp³-hybridized carbons (Fsp3) is 0.0667. The van der Waals surface area contributed by atoms with Crippen LogP contribution in [0.5, 0.6) is 0 Å². The van der Waals surface area contributed by atoms with Gasteiger partial charge in [0.1, 0.15) is 5.69 Å². The molecular formula is C15H13N3O. The minimum atomic E-state index is -0.466. The monoisotopic (exact) mass is 251 g/mol. The van der Waals surface area contributed by atoms with Gasteiger partial charge in [0.25, 0.3) is 5.91 Å². The van der Waals surface area contributed by atoms with Crippen molar-refractivity contribution in [3.63, 3.8) is 0 Å². The molecule has 94 valence electrons. The molecule has 3 rings (SSSR count). The van der Waals surface area contributed by atoms with Crippen molar-refractivity contribution in [1.29, 1.82) is 0 Å². The summed E-state index contributed by atoms with van der Waals surface area (Å²) in [6.45, 7) is 2.03. The number of aryl methyl sites for hydroxylation is 1. The van der Waals surface area contributed by atoms with Gasteiger partial charge in [-0.25, -0.2) is 0 Å². The second kappa shape index (κ2) is 4.24. The molecule has 0 atom stereocenters. The molecule has 0 aliphatic rings. The van der Waals surface area contributed by atoms with Gasteiger partial charge in [0.05, 0.1) is 11.7 Å². The summed E-state index contributed by atoms with van der Waals surface area (Å²) in [5.74, 6) is -0.466. The molecule has 0 bridgehead atoms. The zero-order valence-electron chi connectivity index (χ0n) is 10.5. The van der Waals surface area contributed by atoms with E-state index in [1.807, 2.05) is 37.3 Å². The van der Waals surface area contributed by atoms with Crippen LogP contribution in [0.15, 0.2) is 42.7 Å². The first-order chi connectivity index (χ1) is 9.16. The summed E-state index contributed by atoms with van der Waals surface area (Å²) < 4.78 is 0. The summed E-state index contributed by atoms with van der Waals surface area (Å²) >= 11 is 0. The van der Waals surface area contributed by atoms with E-state index in [9.17, 15) is 4.79 Å². The number of nitrogens with zero attached hydrogens (tertiary/aromatic N) is 1. The molecule has 0 saturated heterocycles. The average molecular weight is 251 g/mol. The minimum Gasteiger partial charge on any atom is -0.364 e. The normalized spacial score (nSPS) is 10.8. The Hall–Kier alpha value is -2.62. The number of H-pyrrole nitrogens is 1. The topological polar surface area (TPSA) is 71.8 Å². The van der Waals surface area contributed by atoms with Crippen molar-refractivity contribution in [3.8, 4) is 11.1 Å². The fourth-order valence-electron chi connectivity index (χ4n) is 2.25. The van der Waals surface area contributed by atoms with Gasteiger partial charge < -0.3 is 10.7 Å². The predicted molar refractivity (Wildman–Crippen MR) is 74.8 cm³/mol. The van der Waals surface area contributed by atoms with Gasteiger partial charge in [-0.2, -0.15) is 0 Å². The number of hydrogen-bond acceptors (Lipinski definition) is 2. The molecule has 3 N–H and O–H groups in total. The highest BCUT2D eigenvalue weighted by atomic mass is 16.1. The largest absolute Gasteiger partial charge is 0.364 e. The van der Waals surface area contributed by atoms with E-state index in [1.165, 1.54) is 5.56 Å². The molecule has 4 nitrogen and oxygen atoms in total. The van der Waals surface area contributed by atoms with Gasteiger partial charge >= 0.3 is 0 Å². The van der Waals surface area contributed by atoms with Crippen LogP contribution < -0.4 is 5.73 Å². The molecule has 1 aromatic carbocycles. The van der Waals surface area contributed by atoms with Crippen LogP contribution in [0.3, 0.4) is 0 Å². The summed E-state index contributed by atoms with van der Waals surface area (Å²) in [5, 5.41) is 0.952. The highest BCUT2D eigenvalue weighted by Crippen LogP contribution is 2.31. The smallest absolute Gasteiger partial charge is 0.265 e. The zero-order chi connectivity index (χ0) is 13.4. The van der Waals surface area contributed by atoms with Gasteiger partial charge in [-0.3, -0.25) is 9.78 Å². The summed E-state index contributed by atoms with van der Waals surface area (Å²) in [7, 11) is 0. The van der Waals surface area contributed by atoms with Crippen molar-refractivity contribution in [3.05, 3.63) is 54.0 Å². The van der Waals surface area contributed by atoms with E-state index in [0.717, 1.165) is 22.0 Å². The lowest BCUT2D eigenvalue weighted by Crippen LogP contribution is -2.12. The molecule has 0 aliphatic heterocycles. The van der Waals surface area contributed by atoms with E-state index in [4.69, 9.17) is 5.73 Å². The zero-order valence-corrected chi connectivity index (χ0v) is 10.5. The Morgan fingerprint density at radius 1 is 1.21 bits per heavy atom. The molecule has 4 heteroatoms. The van der Waals surface area contributed by atoms with Crippen molar-refractivity contribution in [2.75, 3.05) is 0 Å². The minimum absolute atomic E-state index is 0.423. The number of amides is 1. The summed E-state index contributed by atoms with van der Waals surface area (Å²) in [6, 6.07) is 9.89. The molecule has 0 fully saturated rings. The fourth-order valence-corrected chi connectivity index (χ4v) is 2.25. The van der Waals surface area contributed by atoms with Gasteiger partial charge in [-0.1, -0.05) is 29.8 Å². The van der Waals surface area contributed by atoms with Crippen LogP contribution >= 0.6 is 0 Å². The predicted octanol–water partition coefficient (Wildman–Crippen LogP) is 2.64.